The summed E-state index contributed by atoms with van der Waals surface area (Å²) < 4.78 is 27.5. The summed E-state index contributed by atoms with van der Waals surface area (Å²) in [5, 5.41) is 11.9. The fourth-order valence-electron chi connectivity index (χ4n) is 3.15. The van der Waals surface area contributed by atoms with E-state index < -0.39 is 23.5 Å². The number of anilines is 2. The molecule has 2 aromatic carbocycles. The summed E-state index contributed by atoms with van der Waals surface area (Å²) in [6.07, 6.45) is 3.22. The van der Waals surface area contributed by atoms with Gasteiger partial charge in [0.25, 0.3) is 0 Å². The van der Waals surface area contributed by atoms with Crippen LogP contribution >= 0.6 is 11.3 Å². The van der Waals surface area contributed by atoms with Crippen molar-refractivity contribution in [1.29, 1.82) is 0 Å². The Morgan fingerprint density at radius 3 is 2.50 bits per heavy atom. The van der Waals surface area contributed by atoms with Crippen molar-refractivity contribution in [3.8, 4) is 0 Å². The minimum atomic E-state index is -1.06. The molecule has 160 valence electrons. The number of amides is 1. The molecule has 0 aliphatic carbocycles. The predicted octanol–water partition coefficient (Wildman–Crippen LogP) is 5.52. The number of aromatic nitrogens is 2. The van der Waals surface area contributed by atoms with Gasteiger partial charge in [-0.2, -0.15) is 0 Å². The van der Waals surface area contributed by atoms with E-state index in [1.807, 2.05) is 0 Å². The zero-order chi connectivity index (χ0) is 22.8. The number of carbonyl (C=O) groups is 2. The standard InChI is InChI=1S/C23H15F2N3O3S/c1-13(29)28(21-9-6-14(24)10-19(21)25)23-27-16(12-32-23)8-7-15-11-18(22(30)31)17-4-2-3-5-20(17)26-15/h2-12H,1H3,(H,30,31)/b8-7-. The van der Waals surface area contributed by atoms with E-state index in [1.165, 1.54) is 19.1 Å². The quantitative estimate of drug-likeness (QED) is 0.432. The predicted molar refractivity (Wildman–Crippen MR) is 119 cm³/mol. The smallest absolute Gasteiger partial charge is 0.336 e. The minimum Gasteiger partial charge on any atom is -0.478 e. The molecule has 32 heavy (non-hydrogen) atoms. The van der Waals surface area contributed by atoms with Gasteiger partial charge in [-0.25, -0.2) is 23.5 Å². The fraction of sp³-hybridized carbons (Fsp3) is 0.0435. The molecule has 0 spiro atoms. The lowest BCUT2D eigenvalue weighted by atomic mass is 10.1. The number of carbonyl (C=O) groups excluding carboxylic acids is 1. The number of pyridine rings is 1. The van der Waals surface area contributed by atoms with Crippen LogP contribution < -0.4 is 4.90 Å². The van der Waals surface area contributed by atoms with Crippen LogP contribution in [0.5, 0.6) is 0 Å². The van der Waals surface area contributed by atoms with Crippen molar-refractivity contribution >= 4 is 57.1 Å². The van der Waals surface area contributed by atoms with E-state index in [0.717, 1.165) is 22.3 Å². The summed E-state index contributed by atoms with van der Waals surface area (Å²) in [6, 6.07) is 11.3. The average Bonchev–Trinajstić information content (AvgIpc) is 3.21. The first-order valence-electron chi connectivity index (χ1n) is 9.36. The Morgan fingerprint density at radius 2 is 1.78 bits per heavy atom. The molecule has 2 aromatic heterocycles. The maximum Gasteiger partial charge on any atom is 0.336 e. The molecule has 0 saturated carbocycles. The molecule has 4 rings (SSSR count). The van der Waals surface area contributed by atoms with Crippen molar-refractivity contribution in [3.05, 3.63) is 82.5 Å². The van der Waals surface area contributed by atoms with Gasteiger partial charge < -0.3 is 5.11 Å². The second-order valence-electron chi connectivity index (χ2n) is 6.76. The van der Waals surface area contributed by atoms with Gasteiger partial charge in [0.1, 0.15) is 11.6 Å². The van der Waals surface area contributed by atoms with Crippen LogP contribution in [-0.4, -0.2) is 27.0 Å². The van der Waals surface area contributed by atoms with Gasteiger partial charge in [-0.3, -0.25) is 9.69 Å². The monoisotopic (exact) mass is 451 g/mol. The third kappa shape index (κ3) is 4.23. The molecule has 0 aliphatic heterocycles. The van der Waals surface area contributed by atoms with E-state index in [4.69, 9.17) is 0 Å². The molecule has 0 saturated heterocycles. The lowest BCUT2D eigenvalue weighted by Gasteiger charge is -2.18. The Bertz CT molecular complexity index is 1380. The van der Waals surface area contributed by atoms with Gasteiger partial charge >= 0.3 is 5.97 Å². The van der Waals surface area contributed by atoms with Crippen LogP contribution in [0.15, 0.2) is 53.9 Å². The molecule has 0 unspecified atom stereocenters. The Labute approximate surface area is 185 Å². The van der Waals surface area contributed by atoms with E-state index in [1.54, 1.807) is 41.8 Å². The van der Waals surface area contributed by atoms with Gasteiger partial charge in [0.2, 0.25) is 5.91 Å². The number of para-hydroxylation sites is 1. The highest BCUT2D eigenvalue weighted by molar-refractivity contribution is 7.14. The number of halogens is 2. The van der Waals surface area contributed by atoms with Crippen molar-refractivity contribution in [2.75, 3.05) is 4.90 Å². The first-order valence-corrected chi connectivity index (χ1v) is 10.2. The molecule has 4 aromatic rings. The fourth-order valence-corrected chi connectivity index (χ4v) is 4.00. The molecular formula is C23H15F2N3O3S. The Kier molecular flexibility index (Phi) is 5.74. The SMILES string of the molecule is CC(=O)N(c1nc(/C=C\c2cc(C(=O)O)c3ccccc3n2)cs1)c1ccc(F)cc1F. The van der Waals surface area contributed by atoms with Gasteiger partial charge in [0.05, 0.1) is 28.2 Å². The van der Waals surface area contributed by atoms with Crippen molar-refractivity contribution in [2.45, 2.75) is 6.92 Å². The van der Waals surface area contributed by atoms with Crippen molar-refractivity contribution in [1.82, 2.24) is 9.97 Å². The van der Waals surface area contributed by atoms with Gasteiger partial charge in [-0.15, -0.1) is 11.3 Å². The number of carboxylic acids is 1. The van der Waals surface area contributed by atoms with Gasteiger partial charge in [0, 0.05) is 23.8 Å². The van der Waals surface area contributed by atoms with Gasteiger partial charge in [0.15, 0.2) is 5.13 Å². The van der Waals surface area contributed by atoms with E-state index in [9.17, 15) is 23.5 Å². The van der Waals surface area contributed by atoms with Crippen LogP contribution in [0, 0.1) is 11.6 Å². The zero-order valence-corrected chi connectivity index (χ0v) is 17.4. The van der Waals surface area contributed by atoms with Crippen LogP contribution in [0.1, 0.15) is 28.7 Å². The number of carboxylic acid groups (broad SMARTS) is 1. The normalized spacial score (nSPS) is 11.2. The Hall–Kier alpha value is -3.98. The summed E-state index contributed by atoms with van der Waals surface area (Å²) in [5.41, 5.74) is 1.45. The first kappa shape index (κ1) is 21.3. The molecule has 0 bridgehead atoms. The van der Waals surface area contributed by atoms with Gasteiger partial charge in [-0.05, 0) is 36.4 Å². The number of aromatic carboxylic acids is 1. The number of thiazole rings is 1. The summed E-state index contributed by atoms with van der Waals surface area (Å²) in [7, 11) is 0. The lowest BCUT2D eigenvalue weighted by Crippen LogP contribution is -2.23. The molecule has 1 amide bonds. The number of fused-ring (bicyclic) bond motifs is 1. The molecule has 0 aliphatic rings. The van der Waals surface area contributed by atoms with E-state index in [-0.39, 0.29) is 16.4 Å². The molecule has 0 fully saturated rings. The third-order valence-electron chi connectivity index (χ3n) is 4.56. The number of benzene rings is 2. The molecular weight excluding hydrogens is 436 g/mol. The maximum atomic E-state index is 14.2. The number of rotatable bonds is 5. The third-order valence-corrected chi connectivity index (χ3v) is 5.40. The van der Waals surface area contributed by atoms with Crippen LogP contribution in [0.25, 0.3) is 23.1 Å². The maximum absolute atomic E-state index is 14.2. The summed E-state index contributed by atoms with van der Waals surface area (Å²) in [5.74, 6) is -3.18. The molecule has 1 N–H and O–H groups in total. The van der Waals surface area contributed by atoms with Crippen molar-refractivity contribution < 1.29 is 23.5 Å². The van der Waals surface area contributed by atoms with Crippen LogP contribution in [-0.2, 0) is 4.79 Å². The Balaban J connectivity index is 1.67. The number of nitrogens with zero attached hydrogens (tertiary/aromatic N) is 3. The second-order valence-corrected chi connectivity index (χ2v) is 7.59. The molecule has 6 nitrogen and oxygen atoms in total. The summed E-state index contributed by atoms with van der Waals surface area (Å²) in [6.45, 7) is 1.26. The summed E-state index contributed by atoms with van der Waals surface area (Å²) in [4.78, 5) is 33.6. The highest BCUT2D eigenvalue weighted by atomic mass is 32.1. The summed E-state index contributed by atoms with van der Waals surface area (Å²) >= 11 is 1.11. The van der Waals surface area contributed by atoms with Gasteiger partial charge in [-0.1, -0.05) is 18.2 Å². The van der Waals surface area contributed by atoms with Crippen LogP contribution in [0.4, 0.5) is 19.6 Å². The zero-order valence-electron chi connectivity index (χ0n) is 16.6. The van der Waals surface area contributed by atoms with Crippen LogP contribution in [0.3, 0.4) is 0 Å². The first-order chi connectivity index (χ1) is 15.3. The minimum absolute atomic E-state index is 0.105. The average molecular weight is 451 g/mol. The van der Waals surface area contributed by atoms with Crippen molar-refractivity contribution in [3.63, 3.8) is 0 Å². The van der Waals surface area contributed by atoms with E-state index >= 15 is 0 Å². The van der Waals surface area contributed by atoms with E-state index in [0.29, 0.717) is 28.4 Å². The number of hydrogen-bond acceptors (Lipinski definition) is 5. The highest BCUT2D eigenvalue weighted by Gasteiger charge is 2.21. The second kappa shape index (κ2) is 8.64. The lowest BCUT2D eigenvalue weighted by molar-refractivity contribution is -0.115. The van der Waals surface area contributed by atoms with Crippen molar-refractivity contribution in [2.24, 2.45) is 0 Å². The van der Waals surface area contributed by atoms with E-state index in [2.05, 4.69) is 9.97 Å². The largest absolute Gasteiger partial charge is 0.478 e. The highest BCUT2D eigenvalue weighted by Crippen LogP contribution is 2.31. The topological polar surface area (TPSA) is 83.4 Å². The molecule has 2 heterocycles. The molecule has 0 radical (unpaired) electrons. The van der Waals surface area contributed by atoms with Crippen LogP contribution in [0.2, 0.25) is 0 Å². The number of hydrogen-bond donors (Lipinski definition) is 1. The Morgan fingerprint density at radius 1 is 1.03 bits per heavy atom. The molecule has 0 atom stereocenters. The molecule has 9 heteroatoms.